The Morgan fingerprint density at radius 2 is 1.93 bits per heavy atom. The normalized spacial score (nSPS) is 15.4. The van der Waals surface area contributed by atoms with Crippen molar-refractivity contribution in [1.82, 2.24) is 5.16 Å². The molecule has 2 heterocycles. The first kappa shape index (κ1) is 18.1. The lowest BCUT2D eigenvalue weighted by Crippen LogP contribution is -2.36. The number of anilines is 1. The summed E-state index contributed by atoms with van der Waals surface area (Å²) in [6.07, 6.45) is 1.06. The van der Waals surface area contributed by atoms with Crippen LogP contribution in [0.2, 0.25) is 0 Å². The summed E-state index contributed by atoms with van der Waals surface area (Å²) in [5, 5.41) is 4.09. The molecular weight excluding hydrogens is 356 g/mol. The second kappa shape index (κ2) is 7.38. The molecule has 28 heavy (non-hydrogen) atoms. The van der Waals surface area contributed by atoms with Crippen LogP contribution in [0.1, 0.15) is 18.2 Å². The fourth-order valence-corrected chi connectivity index (χ4v) is 3.71. The number of aromatic nitrogens is 1. The molecule has 2 aromatic carbocycles. The molecule has 0 radical (unpaired) electrons. The van der Waals surface area contributed by atoms with E-state index in [1.54, 1.807) is 20.3 Å². The molecule has 4 rings (SSSR count). The number of carbonyl (C=O) groups excluding carboxylic acids is 1. The Balaban J connectivity index is 1.53. The molecule has 1 amide bonds. The average Bonchev–Trinajstić information content (AvgIpc) is 3.30. The van der Waals surface area contributed by atoms with Gasteiger partial charge in [-0.15, -0.1) is 0 Å². The van der Waals surface area contributed by atoms with E-state index in [-0.39, 0.29) is 18.4 Å². The lowest BCUT2D eigenvalue weighted by molar-refractivity contribution is -0.118. The number of fused-ring (bicyclic) bond motifs is 1. The van der Waals surface area contributed by atoms with Gasteiger partial charge in [-0.3, -0.25) is 4.79 Å². The Morgan fingerprint density at radius 3 is 2.71 bits per heavy atom. The molecule has 0 spiro atoms. The van der Waals surface area contributed by atoms with Gasteiger partial charge in [0.1, 0.15) is 0 Å². The minimum absolute atomic E-state index is 0.0182. The Hall–Kier alpha value is -3.28. The lowest BCUT2D eigenvalue weighted by atomic mass is 10.1. The highest BCUT2D eigenvalue weighted by atomic mass is 16.5. The summed E-state index contributed by atoms with van der Waals surface area (Å²) in [7, 11) is 3.17. The van der Waals surface area contributed by atoms with Crippen LogP contribution >= 0.6 is 0 Å². The van der Waals surface area contributed by atoms with Crippen LogP contribution in [0.3, 0.4) is 0 Å². The fourth-order valence-electron chi connectivity index (χ4n) is 3.71. The van der Waals surface area contributed by atoms with E-state index in [0.29, 0.717) is 23.0 Å². The van der Waals surface area contributed by atoms with Crippen LogP contribution in [0.25, 0.3) is 11.3 Å². The average molecular weight is 378 g/mol. The minimum atomic E-state index is 0.0182. The van der Waals surface area contributed by atoms with Crippen molar-refractivity contribution in [2.45, 2.75) is 25.8 Å². The smallest absolute Gasteiger partial charge is 0.233 e. The second-order valence-electron chi connectivity index (χ2n) is 6.87. The number of methoxy groups -OCH3 is 2. The Kier molecular flexibility index (Phi) is 4.77. The van der Waals surface area contributed by atoms with E-state index in [9.17, 15) is 4.79 Å². The standard InChI is InChI=1S/C22H22N2O4/c1-14-10-15-6-4-5-7-18(15)24(14)22(25)13-17-12-20(28-23-17)16-8-9-19(26-2)21(11-16)27-3/h4-9,11-12,14H,10,13H2,1-3H3/t14-/m0/s1. The molecule has 1 atom stereocenters. The summed E-state index contributed by atoms with van der Waals surface area (Å²) in [5.41, 5.74) is 3.60. The number of benzene rings is 2. The van der Waals surface area contributed by atoms with E-state index in [1.807, 2.05) is 41.3 Å². The molecule has 0 bridgehead atoms. The third-order valence-corrected chi connectivity index (χ3v) is 5.04. The van der Waals surface area contributed by atoms with Gasteiger partial charge in [-0.1, -0.05) is 23.4 Å². The van der Waals surface area contributed by atoms with Crippen molar-refractivity contribution in [3.8, 4) is 22.8 Å². The highest BCUT2D eigenvalue weighted by molar-refractivity contribution is 5.97. The predicted molar refractivity (Wildman–Crippen MR) is 106 cm³/mol. The van der Waals surface area contributed by atoms with Crippen molar-refractivity contribution < 1.29 is 18.8 Å². The summed E-state index contributed by atoms with van der Waals surface area (Å²) in [6, 6.07) is 15.5. The highest BCUT2D eigenvalue weighted by Gasteiger charge is 2.30. The van der Waals surface area contributed by atoms with Crippen LogP contribution in [0.5, 0.6) is 11.5 Å². The number of ether oxygens (including phenoxy) is 2. The number of nitrogens with zero attached hydrogens (tertiary/aromatic N) is 2. The maximum atomic E-state index is 12.9. The third kappa shape index (κ3) is 3.22. The lowest BCUT2D eigenvalue weighted by Gasteiger charge is -2.22. The van der Waals surface area contributed by atoms with Gasteiger partial charge in [-0.25, -0.2) is 0 Å². The number of hydrogen-bond acceptors (Lipinski definition) is 5. The van der Waals surface area contributed by atoms with E-state index in [4.69, 9.17) is 14.0 Å². The zero-order valence-electron chi connectivity index (χ0n) is 16.1. The minimum Gasteiger partial charge on any atom is -0.493 e. The van der Waals surface area contributed by atoms with E-state index in [1.165, 1.54) is 5.56 Å². The van der Waals surface area contributed by atoms with Crippen molar-refractivity contribution in [3.63, 3.8) is 0 Å². The monoisotopic (exact) mass is 378 g/mol. The predicted octanol–water partition coefficient (Wildman–Crippen LogP) is 3.88. The van der Waals surface area contributed by atoms with Gasteiger partial charge in [-0.05, 0) is 43.2 Å². The maximum absolute atomic E-state index is 12.9. The number of rotatable bonds is 5. The number of para-hydroxylation sites is 1. The Morgan fingerprint density at radius 1 is 1.14 bits per heavy atom. The van der Waals surface area contributed by atoms with Gasteiger partial charge in [0.15, 0.2) is 17.3 Å². The first-order chi connectivity index (χ1) is 13.6. The molecule has 0 aliphatic carbocycles. The summed E-state index contributed by atoms with van der Waals surface area (Å²) < 4.78 is 16.1. The van der Waals surface area contributed by atoms with Crippen molar-refractivity contribution in [3.05, 3.63) is 59.8 Å². The van der Waals surface area contributed by atoms with Crippen molar-refractivity contribution in [1.29, 1.82) is 0 Å². The van der Waals surface area contributed by atoms with Crippen LogP contribution in [0.4, 0.5) is 5.69 Å². The molecule has 6 nitrogen and oxygen atoms in total. The molecule has 1 aliphatic heterocycles. The molecule has 1 aliphatic rings. The summed E-state index contributed by atoms with van der Waals surface area (Å²) in [6.45, 7) is 2.07. The zero-order valence-corrected chi connectivity index (χ0v) is 16.1. The largest absolute Gasteiger partial charge is 0.493 e. The molecule has 0 N–H and O–H groups in total. The van der Waals surface area contributed by atoms with Crippen molar-refractivity contribution in [2.24, 2.45) is 0 Å². The first-order valence-corrected chi connectivity index (χ1v) is 9.18. The first-order valence-electron chi connectivity index (χ1n) is 9.18. The number of hydrogen-bond donors (Lipinski definition) is 0. The third-order valence-electron chi connectivity index (χ3n) is 5.04. The van der Waals surface area contributed by atoms with Crippen LogP contribution in [0, 0.1) is 0 Å². The van der Waals surface area contributed by atoms with E-state index in [2.05, 4.69) is 18.1 Å². The molecule has 0 saturated carbocycles. The zero-order chi connectivity index (χ0) is 19.7. The quantitative estimate of drug-likeness (QED) is 0.674. The molecule has 6 heteroatoms. The van der Waals surface area contributed by atoms with Crippen LogP contribution < -0.4 is 14.4 Å². The molecule has 144 valence electrons. The van der Waals surface area contributed by atoms with Crippen LogP contribution in [0.15, 0.2) is 53.1 Å². The van der Waals surface area contributed by atoms with Gasteiger partial charge in [0.05, 0.1) is 26.3 Å². The Bertz CT molecular complexity index is 1010. The van der Waals surface area contributed by atoms with Gasteiger partial charge in [0, 0.05) is 23.4 Å². The number of amides is 1. The van der Waals surface area contributed by atoms with E-state index in [0.717, 1.165) is 17.7 Å². The van der Waals surface area contributed by atoms with Crippen molar-refractivity contribution >= 4 is 11.6 Å². The van der Waals surface area contributed by atoms with Crippen LogP contribution in [-0.4, -0.2) is 31.3 Å². The van der Waals surface area contributed by atoms with Gasteiger partial charge in [0.25, 0.3) is 0 Å². The van der Waals surface area contributed by atoms with Gasteiger partial charge >= 0.3 is 0 Å². The molecular formula is C22H22N2O4. The van der Waals surface area contributed by atoms with Crippen molar-refractivity contribution in [2.75, 3.05) is 19.1 Å². The fraction of sp³-hybridized carbons (Fsp3) is 0.273. The highest BCUT2D eigenvalue weighted by Crippen LogP contribution is 2.34. The number of carbonyl (C=O) groups is 1. The molecule has 0 unspecified atom stereocenters. The van der Waals surface area contributed by atoms with Gasteiger partial charge in [0.2, 0.25) is 5.91 Å². The SMILES string of the molecule is COc1ccc(-c2cc(CC(=O)N3c4ccccc4C[C@@H]3C)no2)cc1OC. The second-order valence-corrected chi connectivity index (χ2v) is 6.87. The van der Waals surface area contributed by atoms with Gasteiger partial charge < -0.3 is 18.9 Å². The summed E-state index contributed by atoms with van der Waals surface area (Å²) in [5.74, 6) is 1.85. The van der Waals surface area contributed by atoms with Crippen LogP contribution in [-0.2, 0) is 17.6 Å². The summed E-state index contributed by atoms with van der Waals surface area (Å²) >= 11 is 0. The van der Waals surface area contributed by atoms with E-state index < -0.39 is 0 Å². The molecule has 0 saturated heterocycles. The molecule has 1 aromatic heterocycles. The Labute approximate surface area is 163 Å². The maximum Gasteiger partial charge on any atom is 0.233 e. The van der Waals surface area contributed by atoms with Gasteiger partial charge in [-0.2, -0.15) is 0 Å². The van der Waals surface area contributed by atoms with E-state index >= 15 is 0 Å². The molecule has 3 aromatic rings. The summed E-state index contributed by atoms with van der Waals surface area (Å²) in [4.78, 5) is 14.8. The topological polar surface area (TPSA) is 64.8 Å². The molecule has 0 fully saturated rings.